The first-order chi connectivity index (χ1) is 11.7. The standard InChI is InChI=1S/C19H21N3OS/c1-21-9-11-22(12-10-21)18(16-5-3-13-24-16)15-7-6-14-4-2-8-20-17(14)19(15)23/h2-8,13,18,23H,9-12H2,1H3/p+2. The number of phenols is 1. The lowest BCUT2D eigenvalue weighted by molar-refractivity contribution is -1.02. The minimum absolute atomic E-state index is 0.185. The summed E-state index contributed by atoms with van der Waals surface area (Å²) in [6.45, 7) is 4.58. The first-order valence-electron chi connectivity index (χ1n) is 8.50. The second-order valence-electron chi connectivity index (χ2n) is 6.64. The largest absolute Gasteiger partial charge is 0.505 e. The topological polar surface area (TPSA) is 42.0 Å². The Bertz CT molecular complexity index is 826. The summed E-state index contributed by atoms with van der Waals surface area (Å²) < 4.78 is 0. The molecular weight excluding hydrogens is 318 g/mol. The number of nitrogens with one attached hydrogen (secondary N) is 2. The predicted molar refractivity (Wildman–Crippen MR) is 96.9 cm³/mol. The fourth-order valence-electron chi connectivity index (χ4n) is 3.69. The average Bonchev–Trinajstić information content (AvgIpc) is 3.13. The highest BCUT2D eigenvalue weighted by Gasteiger charge is 2.33. The van der Waals surface area contributed by atoms with E-state index in [0.29, 0.717) is 11.3 Å². The van der Waals surface area contributed by atoms with Gasteiger partial charge in [0.25, 0.3) is 0 Å². The molecule has 1 unspecified atom stereocenters. The van der Waals surface area contributed by atoms with Crippen molar-refractivity contribution in [1.82, 2.24) is 4.98 Å². The van der Waals surface area contributed by atoms with Crippen LogP contribution in [0.3, 0.4) is 0 Å². The van der Waals surface area contributed by atoms with Crippen LogP contribution in [-0.2, 0) is 0 Å². The molecule has 1 aliphatic heterocycles. The molecule has 1 aromatic carbocycles. The van der Waals surface area contributed by atoms with E-state index in [1.807, 2.05) is 12.1 Å². The van der Waals surface area contributed by atoms with Gasteiger partial charge >= 0.3 is 0 Å². The van der Waals surface area contributed by atoms with E-state index < -0.39 is 0 Å². The second kappa shape index (κ2) is 6.51. The molecule has 3 aromatic rings. The van der Waals surface area contributed by atoms with Crippen LogP contribution in [0.15, 0.2) is 48.0 Å². The molecule has 5 heteroatoms. The van der Waals surface area contributed by atoms with Crippen LogP contribution in [0.1, 0.15) is 16.5 Å². The van der Waals surface area contributed by atoms with Gasteiger partial charge < -0.3 is 14.9 Å². The summed E-state index contributed by atoms with van der Waals surface area (Å²) in [5.41, 5.74) is 1.70. The normalized spacial score (nSPS) is 22.5. The van der Waals surface area contributed by atoms with Gasteiger partial charge in [-0.3, -0.25) is 4.98 Å². The number of aromatic hydroxyl groups is 1. The number of pyridine rings is 1. The Morgan fingerprint density at radius 1 is 1.08 bits per heavy atom. The van der Waals surface area contributed by atoms with Gasteiger partial charge in [-0.05, 0) is 23.6 Å². The van der Waals surface area contributed by atoms with E-state index in [0.717, 1.165) is 24.0 Å². The molecule has 4 nitrogen and oxygen atoms in total. The highest BCUT2D eigenvalue weighted by molar-refractivity contribution is 7.10. The van der Waals surface area contributed by atoms with E-state index in [1.165, 1.54) is 22.9 Å². The summed E-state index contributed by atoms with van der Waals surface area (Å²) in [5.74, 6) is 0.338. The van der Waals surface area contributed by atoms with Crippen LogP contribution >= 0.6 is 11.3 Å². The highest BCUT2D eigenvalue weighted by atomic mass is 32.1. The predicted octanol–water partition coefficient (Wildman–Crippen LogP) is 0.505. The van der Waals surface area contributed by atoms with Crippen LogP contribution in [0.25, 0.3) is 10.9 Å². The average molecular weight is 341 g/mol. The van der Waals surface area contributed by atoms with Crippen LogP contribution in [0.4, 0.5) is 0 Å². The maximum absolute atomic E-state index is 10.9. The minimum Gasteiger partial charge on any atom is -0.505 e. The van der Waals surface area contributed by atoms with Crippen LogP contribution in [0.5, 0.6) is 5.75 Å². The second-order valence-corrected chi connectivity index (χ2v) is 7.62. The van der Waals surface area contributed by atoms with Crippen LogP contribution in [0.2, 0.25) is 0 Å². The maximum Gasteiger partial charge on any atom is 0.152 e. The Kier molecular flexibility index (Phi) is 4.22. The number of hydrogen-bond donors (Lipinski definition) is 3. The maximum atomic E-state index is 10.9. The number of rotatable bonds is 3. The number of likely N-dealkylation sites (N-methyl/N-ethyl adjacent to an activating group) is 1. The number of hydrogen-bond acceptors (Lipinski definition) is 3. The zero-order valence-electron chi connectivity index (χ0n) is 13.8. The van der Waals surface area contributed by atoms with Gasteiger partial charge in [0.2, 0.25) is 0 Å². The molecule has 0 saturated carbocycles. The van der Waals surface area contributed by atoms with Gasteiger partial charge in [0, 0.05) is 11.6 Å². The number of piperazine rings is 1. The molecule has 124 valence electrons. The smallest absolute Gasteiger partial charge is 0.152 e. The summed E-state index contributed by atoms with van der Waals surface area (Å²) in [7, 11) is 2.26. The van der Waals surface area contributed by atoms with Gasteiger partial charge in [-0.25, -0.2) is 0 Å². The molecule has 0 amide bonds. The first-order valence-corrected chi connectivity index (χ1v) is 9.38. The van der Waals surface area contributed by atoms with Crippen molar-refractivity contribution < 1.29 is 14.9 Å². The third-order valence-electron chi connectivity index (χ3n) is 5.07. The number of quaternary nitrogens is 2. The number of nitrogens with zero attached hydrogens (tertiary/aromatic N) is 1. The number of fused-ring (bicyclic) bond motifs is 1. The zero-order valence-corrected chi connectivity index (χ0v) is 14.6. The van der Waals surface area contributed by atoms with Gasteiger partial charge in [0.05, 0.1) is 17.5 Å². The molecule has 2 aromatic heterocycles. The molecule has 0 bridgehead atoms. The molecule has 3 heterocycles. The van der Waals surface area contributed by atoms with Crippen molar-refractivity contribution in [3.05, 3.63) is 58.4 Å². The molecule has 3 N–H and O–H groups in total. The lowest BCUT2D eigenvalue weighted by atomic mass is 9.99. The third-order valence-corrected chi connectivity index (χ3v) is 6.01. The summed E-state index contributed by atoms with van der Waals surface area (Å²) in [4.78, 5) is 8.84. The van der Waals surface area contributed by atoms with E-state index in [-0.39, 0.29) is 6.04 Å². The van der Waals surface area contributed by atoms with Crippen molar-refractivity contribution in [2.24, 2.45) is 0 Å². The van der Waals surface area contributed by atoms with E-state index in [1.54, 1.807) is 22.4 Å². The number of phenolic OH excluding ortho intramolecular Hbond substituents is 1. The fraction of sp³-hybridized carbons (Fsp3) is 0.316. The quantitative estimate of drug-likeness (QED) is 0.650. The Labute approximate surface area is 146 Å². The van der Waals surface area contributed by atoms with E-state index in [9.17, 15) is 5.11 Å². The Balaban J connectivity index is 1.80. The summed E-state index contributed by atoms with van der Waals surface area (Å²) in [5, 5.41) is 14.0. The first kappa shape index (κ1) is 15.6. The Hall–Kier alpha value is -1.95. The number of thiophene rings is 1. The van der Waals surface area contributed by atoms with Crippen molar-refractivity contribution in [3.8, 4) is 5.75 Å². The molecule has 4 rings (SSSR count). The molecule has 0 spiro atoms. The fourth-order valence-corrected chi connectivity index (χ4v) is 4.60. The van der Waals surface area contributed by atoms with Crippen molar-refractivity contribution in [1.29, 1.82) is 0 Å². The van der Waals surface area contributed by atoms with E-state index in [4.69, 9.17) is 0 Å². The Morgan fingerprint density at radius 3 is 2.67 bits per heavy atom. The lowest BCUT2D eigenvalue weighted by Crippen LogP contribution is -3.27. The van der Waals surface area contributed by atoms with E-state index in [2.05, 4.69) is 41.7 Å². The van der Waals surface area contributed by atoms with Gasteiger partial charge in [-0.2, -0.15) is 0 Å². The number of benzene rings is 1. The molecule has 1 aliphatic rings. The third kappa shape index (κ3) is 2.79. The minimum atomic E-state index is 0.185. The summed E-state index contributed by atoms with van der Waals surface area (Å²) >= 11 is 1.78. The van der Waals surface area contributed by atoms with Gasteiger partial charge in [-0.1, -0.05) is 18.2 Å². The SMILES string of the molecule is C[NH+]1CC[NH+](C(c2cccs2)c2ccc3cccnc3c2O)CC1. The van der Waals surface area contributed by atoms with Crippen molar-refractivity contribution in [2.45, 2.75) is 6.04 Å². The summed E-state index contributed by atoms with van der Waals surface area (Å²) in [6, 6.07) is 12.6. The highest BCUT2D eigenvalue weighted by Crippen LogP contribution is 2.34. The monoisotopic (exact) mass is 341 g/mol. The Morgan fingerprint density at radius 2 is 1.92 bits per heavy atom. The molecule has 0 aliphatic carbocycles. The molecular formula is C19H23N3OS+2. The molecule has 0 radical (unpaired) electrons. The number of aromatic nitrogens is 1. The van der Waals surface area contributed by atoms with Crippen molar-refractivity contribution >= 4 is 22.2 Å². The zero-order chi connectivity index (χ0) is 16.5. The van der Waals surface area contributed by atoms with E-state index >= 15 is 0 Å². The lowest BCUT2D eigenvalue weighted by Gasteiger charge is -2.33. The molecule has 1 atom stereocenters. The van der Waals surface area contributed by atoms with Crippen molar-refractivity contribution in [3.63, 3.8) is 0 Å². The molecule has 1 saturated heterocycles. The van der Waals surface area contributed by atoms with Gasteiger partial charge in [0.15, 0.2) is 11.8 Å². The van der Waals surface area contributed by atoms with Crippen LogP contribution in [-0.4, -0.2) is 43.3 Å². The molecule has 24 heavy (non-hydrogen) atoms. The van der Waals surface area contributed by atoms with Crippen LogP contribution < -0.4 is 9.80 Å². The summed E-state index contributed by atoms with van der Waals surface area (Å²) in [6.07, 6.45) is 1.75. The van der Waals surface area contributed by atoms with Gasteiger partial charge in [-0.15, -0.1) is 11.3 Å². The molecule has 1 fully saturated rings. The van der Waals surface area contributed by atoms with Crippen molar-refractivity contribution in [2.75, 3.05) is 33.2 Å². The van der Waals surface area contributed by atoms with Crippen LogP contribution in [0, 0.1) is 0 Å². The van der Waals surface area contributed by atoms with Gasteiger partial charge in [0.1, 0.15) is 31.7 Å².